The van der Waals surface area contributed by atoms with Crippen LogP contribution in [0.1, 0.15) is 28.4 Å². The number of para-hydroxylation sites is 1. The van der Waals surface area contributed by atoms with E-state index < -0.39 is 0 Å². The third kappa shape index (κ3) is 4.36. The Morgan fingerprint density at radius 1 is 0.967 bits per heavy atom. The normalized spacial score (nSPS) is 10.8. The van der Waals surface area contributed by atoms with Crippen LogP contribution in [0.4, 0.5) is 0 Å². The number of fused-ring (bicyclic) bond motifs is 1. The van der Waals surface area contributed by atoms with Crippen molar-refractivity contribution in [1.29, 1.82) is 0 Å². The van der Waals surface area contributed by atoms with Crippen LogP contribution in [0.5, 0.6) is 0 Å². The van der Waals surface area contributed by atoms with E-state index in [9.17, 15) is 4.79 Å². The SMILES string of the molecule is CCOCc1ccccc1CNC(=O)c1cc(-c2ccncc2)nc2ccccc12. The summed E-state index contributed by atoms with van der Waals surface area (Å²) in [6, 6.07) is 21.3. The molecule has 0 radical (unpaired) electrons. The fourth-order valence-corrected chi connectivity index (χ4v) is 3.39. The van der Waals surface area contributed by atoms with Gasteiger partial charge in [0.05, 0.1) is 23.4 Å². The van der Waals surface area contributed by atoms with Gasteiger partial charge in [0.25, 0.3) is 5.91 Å². The van der Waals surface area contributed by atoms with Gasteiger partial charge >= 0.3 is 0 Å². The van der Waals surface area contributed by atoms with Crippen LogP contribution in [-0.4, -0.2) is 22.5 Å². The van der Waals surface area contributed by atoms with Gasteiger partial charge in [-0.1, -0.05) is 42.5 Å². The standard InChI is InChI=1S/C25H23N3O2/c1-2-30-17-20-8-4-3-7-19(20)16-27-25(29)22-15-24(18-11-13-26-14-12-18)28-23-10-6-5-9-21(22)23/h3-15H,2,16-17H2,1H3,(H,27,29). The minimum absolute atomic E-state index is 0.130. The molecule has 150 valence electrons. The van der Waals surface area contributed by atoms with Crippen molar-refractivity contribution in [3.8, 4) is 11.3 Å². The molecule has 0 fully saturated rings. The van der Waals surface area contributed by atoms with Gasteiger partial charge in [-0.05, 0) is 42.3 Å². The van der Waals surface area contributed by atoms with Crippen molar-refractivity contribution >= 4 is 16.8 Å². The summed E-state index contributed by atoms with van der Waals surface area (Å²) in [5.41, 5.74) is 5.19. The van der Waals surface area contributed by atoms with Crippen LogP contribution in [0.15, 0.2) is 79.1 Å². The van der Waals surface area contributed by atoms with Crippen LogP contribution in [0, 0.1) is 0 Å². The summed E-state index contributed by atoms with van der Waals surface area (Å²) in [5, 5.41) is 3.90. The molecule has 0 saturated heterocycles. The lowest BCUT2D eigenvalue weighted by molar-refractivity contribution is 0.0951. The molecule has 0 aliphatic heterocycles. The molecule has 5 heteroatoms. The Labute approximate surface area is 175 Å². The Balaban J connectivity index is 1.64. The molecule has 0 aliphatic carbocycles. The number of hydrogen-bond donors (Lipinski definition) is 1. The van der Waals surface area contributed by atoms with E-state index in [0.29, 0.717) is 25.3 Å². The molecular formula is C25H23N3O2. The van der Waals surface area contributed by atoms with Crippen molar-refractivity contribution in [3.63, 3.8) is 0 Å². The maximum absolute atomic E-state index is 13.2. The number of carbonyl (C=O) groups is 1. The van der Waals surface area contributed by atoms with E-state index in [2.05, 4.69) is 10.3 Å². The molecule has 1 N–H and O–H groups in total. The van der Waals surface area contributed by atoms with Crippen molar-refractivity contribution in [2.75, 3.05) is 6.61 Å². The number of pyridine rings is 2. The van der Waals surface area contributed by atoms with Gasteiger partial charge < -0.3 is 10.1 Å². The fraction of sp³-hybridized carbons (Fsp3) is 0.160. The molecule has 0 atom stereocenters. The minimum Gasteiger partial charge on any atom is -0.377 e. The van der Waals surface area contributed by atoms with E-state index in [1.54, 1.807) is 12.4 Å². The molecule has 1 amide bonds. The molecule has 5 nitrogen and oxygen atoms in total. The lowest BCUT2D eigenvalue weighted by atomic mass is 10.0. The summed E-state index contributed by atoms with van der Waals surface area (Å²) in [7, 11) is 0. The molecule has 4 rings (SSSR count). The number of benzene rings is 2. The van der Waals surface area contributed by atoms with E-state index in [0.717, 1.165) is 33.3 Å². The van der Waals surface area contributed by atoms with Gasteiger partial charge in [0, 0.05) is 36.5 Å². The summed E-state index contributed by atoms with van der Waals surface area (Å²) in [5.74, 6) is -0.130. The Morgan fingerprint density at radius 2 is 1.70 bits per heavy atom. The van der Waals surface area contributed by atoms with Gasteiger partial charge in [-0.25, -0.2) is 4.98 Å². The first-order valence-electron chi connectivity index (χ1n) is 9.99. The smallest absolute Gasteiger partial charge is 0.252 e. The van der Waals surface area contributed by atoms with Crippen molar-refractivity contribution < 1.29 is 9.53 Å². The van der Waals surface area contributed by atoms with E-state index in [1.165, 1.54) is 0 Å². The van der Waals surface area contributed by atoms with Crippen LogP contribution in [0.3, 0.4) is 0 Å². The summed E-state index contributed by atoms with van der Waals surface area (Å²) < 4.78 is 5.55. The molecule has 0 unspecified atom stereocenters. The predicted molar refractivity (Wildman–Crippen MR) is 118 cm³/mol. The number of hydrogen-bond acceptors (Lipinski definition) is 4. The van der Waals surface area contributed by atoms with Gasteiger partial charge in [0.15, 0.2) is 0 Å². The maximum Gasteiger partial charge on any atom is 0.252 e. The summed E-state index contributed by atoms with van der Waals surface area (Å²) in [4.78, 5) is 22.0. The first kappa shape index (κ1) is 19.7. The number of amides is 1. The minimum atomic E-state index is -0.130. The van der Waals surface area contributed by atoms with Crippen LogP contribution in [0.2, 0.25) is 0 Å². The largest absolute Gasteiger partial charge is 0.377 e. The van der Waals surface area contributed by atoms with E-state index in [4.69, 9.17) is 9.72 Å². The maximum atomic E-state index is 13.2. The highest BCUT2D eigenvalue weighted by Crippen LogP contribution is 2.24. The summed E-state index contributed by atoms with van der Waals surface area (Å²) in [6.07, 6.45) is 3.45. The number of aromatic nitrogens is 2. The molecule has 0 spiro atoms. The number of ether oxygens (including phenoxy) is 1. The lowest BCUT2D eigenvalue weighted by Crippen LogP contribution is -2.24. The zero-order chi connectivity index (χ0) is 20.8. The average Bonchev–Trinajstić information content (AvgIpc) is 2.81. The fourth-order valence-electron chi connectivity index (χ4n) is 3.39. The van der Waals surface area contributed by atoms with Gasteiger partial charge in [0.2, 0.25) is 0 Å². The summed E-state index contributed by atoms with van der Waals surface area (Å²) in [6.45, 7) is 3.59. The Kier molecular flexibility index (Phi) is 6.11. The number of nitrogens with zero attached hydrogens (tertiary/aromatic N) is 2. The Bertz CT molecular complexity index is 1160. The van der Waals surface area contributed by atoms with Crippen LogP contribution in [-0.2, 0) is 17.9 Å². The molecule has 0 bridgehead atoms. The van der Waals surface area contributed by atoms with Gasteiger partial charge in [0.1, 0.15) is 0 Å². The van der Waals surface area contributed by atoms with E-state index >= 15 is 0 Å². The second-order valence-electron chi connectivity index (χ2n) is 6.90. The molecule has 0 aliphatic rings. The zero-order valence-electron chi connectivity index (χ0n) is 16.8. The van der Waals surface area contributed by atoms with Crippen LogP contribution in [0.25, 0.3) is 22.2 Å². The zero-order valence-corrected chi connectivity index (χ0v) is 16.8. The van der Waals surface area contributed by atoms with Crippen molar-refractivity contribution in [3.05, 3.63) is 95.8 Å². The van der Waals surface area contributed by atoms with Crippen LogP contribution < -0.4 is 5.32 Å². The van der Waals surface area contributed by atoms with Crippen molar-refractivity contribution in [2.24, 2.45) is 0 Å². The Morgan fingerprint density at radius 3 is 2.50 bits per heavy atom. The summed E-state index contributed by atoms with van der Waals surface area (Å²) >= 11 is 0. The van der Waals surface area contributed by atoms with E-state index in [1.807, 2.05) is 73.7 Å². The highest BCUT2D eigenvalue weighted by atomic mass is 16.5. The van der Waals surface area contributed by atoms with E-state index in [-0.39, 0.29) is 5.91 Å². The first-order chi connectivity index (χ1) is 14.8. The van der Waals surface area contributed by atoms with Gasteiger partial charge in [-0.3, -0.25) is 9.78 Å². The highest BCUT2D eigenvalue weighted by molar-refractivity contribution is 6.07. The third-order valence-corrected chi connectivity index (χ3v) is 4.96. The van der Waals surface area contributed by atoms with Crippen molar-refractivity contribution in [2.45, 2.75) is 20.1 Å². The number of carbonyl (C=O) groups excluding carboxylic acids is 1. The Hall–Kier alpha value is -3.57. The molecule has 0 saturated carbocycles. The molecule has 2 heterocycles. The van der Waals surface area contributed by atoms with Crippen molar-refractivity contribution in [1.82, 2.24) is 15.3 Å². The molecule has 30 heavy (non-hydrogen) atoms. The predicted octanol–water partition coefficient (Wildman–Crippen LogP) is 4.76. The number of rotatable bonds is 7. The second-order valence-corrected chi connectivity index (χ2v) is 6.90. The molecule has 2 aromatic heterocycles. The second kappa shape index (κ2) is 9.29. The topological polar surface area (TPSA) is 64.1 Å². The quantitative estimate of drug-likeness (QED) is 0.488. The molecule has 4 aromatic rings. The molecular weight excluding hydrogens is 374 g/mol. The average molecular weight is 397 g/mol. The highest BCUT2D eigenvalue weighted by Gasteiger charge is 2.14. The van der Waals surface area contributed by atoms with Gasteiger partial charge in [-0.2, -0.15) is 0 Å². The molecule has 2 aromatic carbocycles. The first-order valence-corrected chi connectivity index (χ1v) is 9.99. The third-order valence-electron chi connectivity index (χ3n) is 4.96. The lowest BCUT2D eigenvalue weighted by Gasteiger charge is -2.13. The van der Waals surface area contributed by atoms with Gasteiger partial charge in [-0.15, -0.1) is 0 Å². The van der Waals surface area contributed by atoms with Crippen LogP contribution >= 0.6 is 0 Å². The number of nitrogens with one attached hydrogen (secondary N) is 1. The monoisotopic (exact) mass is 397 g/mol.